The van der Waals surface area contributed by atoms with Gasteiger partial charge in [0.2, 0.25) is 0 Å². The normalized spacial score (nSPS) is 20.9. The van der Waals surface area contributed by atoms with E-state index in [9.17, 15) is 8.78 Å². The van der Waals surface area contributed by atoms with Gasteiger partial charge in [-0.05, 0) is 18.2 Å². The van der Waals surface area contributed by atoms with Gasteiger partial charge in [0, 0.05) is 63.3 Å². The van der Waals surface area contributed by atoms with Crippen LogP contribution < -0.4 is 15.5 Å². The molecule has 0 bridgehead atoms. The van der Waals surface area contributed by atoms with Crippen LogP contribution in [-0.4, -0.2) is 71.8 Å². The zero-order chi connectivity index (χ0) is 22.0. The summed E-state index contributed by atoms with van der Waals surface area (Å²) in [6, 6.07) is 5.77. The summed E-state index contributed by atoms with van der Waals surface area (Å²) >= 11 is 0. The van der Waals surface area contributed by atoms with Crippen LogP contribution in [0.4, 0.5) is 20.4 Å². The molecule has 5 rings (SSSR count). The van der Waals surface area contributed by atoms with E-state index in [1.165, 1.54) is 0 Å². The Labute approximate surface area is 184 Å². The van der Waals surface area contributed by atoms with Gasteiger partial charge < -0.3 is 20.3 Å². The lowest BCUT2D eigenvalue weighted by atomic mass is 9.95. The summed E-state index contributed by atoms with van der Waals surface area (Å²) < 4.78 is 33.9. The molecule has 0 spiro atoms. The van der Waals surface area contributed by atoms with Crippen LogP contribution in [0.1, 0.15) is 6.42 Å². The summed E-state index contributed by atoms with van der Waals surface area (Å²) in [4.78, 5) is 20.2. The highest BCUT2D eigenvalue weighted by atomic mass is 19.3. The average molecular weight is 441 g/mol. The van der Waals surface area contributed by atoms with Crippen molar-refractivity contribution in [1.29, 1.82) is 0 Å². The largest absolute Gasteiger partial charge is 0.378 e. The lowest BCUT2D eigenvalue weighted by Crippen LogP contribution is -2.47. The van der Waals surface area contributed by atoms with Gasteiger partial charge in [0.15, 0.2) is 5.82 Å². The van der Waals surface area contributed by atoms with Crippen molar-refractivity contribution in [3.8, 4) is 11.3 Å². The Morgan fingerprint density at radius 3 is 2.78 bits per heavy atom. The van der Waals surface area contributed by atoms with E-state index in [0.717, 1.165) is 24.5 Å². The lowest BCUT2D eigenvalue weighted by molar-refractivity contribution is -0.0728. The Morgan fingerprint density at radius 2 is 2.00 bits per heavy atom. The van der Waals surface area contributed by atoms with Crippen molar-refractivity contribution in [1.82, 2.24) is 25.3 Å². The fourth-order valence-corrected chi connectivity index (χ4v) is 4.09. The van der Waals surface area contributed by atoms with Gasteiger partial charge >= 0.3 is 0 Å². The van der Waals surface area contributed by atoms with Crippen molar-refractivity contribution in [2.45, 2.75) is 12.3 Å². The standard InChI is InChI=1S/C22H25F2N7O/c23-22(24)3-4-25-13-16(22)14-29-21-20-18(26-5-6-27-20)11-17(30-21)15-1-2-19(28-12-15)31-7-9-32-10-8-31/h1-2,5-6,11-12,16,25H,3-4,7-10,13-14H2,(H,29,30). The fourth-order valence-electron chi connectivity index (χ4n) is 4.09. The molecule has 168 valence electrons. The number of piperidine rings is 1. The van der Waals surface area contributed by atoms with Gasteiger partial charge in [0.1, 0.15) is 11.3 Å². The molecule has 10 heteroatoms. The number of hydrogen-bond donors (Lipinski definition) is 2. The number of nitrogens with one attached hydrogen (secondary N) is 2. The number of alkyl halides is 2. The molecule has 8 nitrogen and oxygen atoms in total. The second-order valence-electron chi connectivity index (χ2n) is 8.08. The van der Waals surface area contributed by atoms with Gasteiger partial charge in [0.05, 0.1) is 30.3 Å². The molecule has 2 aliphatic heterocycles. The van der Waals surface area contributed by atoms with E-state index in [0.29, 0.717) is 42.3 Å². The molecule has 3 aromatic heterocycles. The molecule has 0 radical (unpaired) electrons. The van der Waals surface area contributed by atoms with E-state index in [1.807, 2.05) is 18.2 Å². The summed E-state index contributed by atoms with van der Waals surface area (Å²) in [6.07, 6.45) is 4.80. The number of nitrogens with zero attached hydrogens (tertiary/aromatic N) is 5. The van der Waals surface area contributed by atoms with Crippen molar-refractivity contribution < 1.29 is 13.5 Å². The molecular formula is C22H25F2N7O. The zero-order valence-electron chi connectivity index (χ0n) is 17.6. The predicted octanol–water partition coefficient (Wildman–Crippen LogP) is 2.58. The zero-order valence-corrected chi connectivity index (χ0v) is 17.6. The molecule has 2 saturated heterocycles. The lowest BCUT2D eigenvalue weighted by Gasteiger charge is -2.32. The van der Waals surface area contributed by atoms with E-state index in [2.05, 4.69) is 30.5 Å². The topological polar surface area (TPSA) is 88.1 Å². The Kier molecular flexibility index (Phi) is 5.79. The van der Waals surface area contributed by atoms with Gasteiger partial charge in [0.25, 0.3) is 5.92 Å². The van der Waals surface area contributed by atoms with Gasteiger partial charge in [-0.25, -0.2) is 23.7 Å². The van der Waals surface area contributed by atoms with Crippen molar-refractivity contribution in [2.24, 2.45) is 5.92 Å². The third kappa shape index (κ3) is 4.33. The second-order valence-corrected chi connectivity index (χ2v) is 8.08. The Bertz CT molecular complexity index is 1070. The third-order valence-corrected chi connectivity index (χ3v) is 5.97. The van der Waals surface area contributed by atoms with Crippen LogP contribution in [0.15, 0.2) is 36.8 Å². The van der Waals surface area contributed by atoms with Crippen molar-refractivity contribution in [3.63, 3.8) is 0 Å². The quantitative estimate of drug-likeness (QED) is 0.625. The van der Waals surface area contributed by atoms with Gasteiger partial charge in [-0.2, -0.15) is 0 Å². The van der Waals surface area contributed by atoms with Crippen molar-refractivity contribution in [2.75, 3.05) is 56.2 Å². The molecule has 2 aliphatic rings. The number of aromatic nitrogens is 4. The number of fused-ring (bicyclic) bond motifs is 1. The number of hydrogen-bond acceptors (Lipinski definition) is 8. The van der Waals surface area contributed by atoms with E-state index in [-0.39, 0.29) is 19.5 Å². The summed E-state index contributed by atoms with van der Waals surface area (Å²) in [5, 5.41) is 6.16. The first-order valence-electron chi connectivity index (χ1n) is 10.8. The van der Waals surface area contributed by atoms with Gasteiger partial charge in [-0.3, -0.25) is 4.98 Å². The van der Waals surface area contributed by atoms with E-state index >= 15 is 0 Å². The minimum atomic E-state index is -2.71. The molecule has 2 fully saturated rings. The molecule has 0 saturated carbocycles. The van der Waals surface area contributed by atoms with Crippen LogP contribution in [-0.2, 0) is 4.74 Å². The van der Waals surface area contributed by atoms with Gasteiger partial charge in [-0.1, -0.05) is 0 Å². The van der Waals surface area contributed by atoms with Crippen LogP contribution in [0.25, 0.3) is 22.3 Å². The highest BCUT2D eigenvalue weighted by Crippen LogP contribution is 2.32. The van der Waals surface area contributed by atoms with Gasteiger partial charge in [-0.15, -0.1) is 0 Å². The first-order valence-corrected chi connectivity index (χ1v) is 10.8. The molecule has 2 N–H and O–H groups in total. The number of pyridine rings is 2. The SMILES string of the molecule is FC1(F)CCNCC1CNc1nc(-c2ccc(N3CCOCC3)nc2)cc2nccnc12. The first-order chi connectivity index (χ1) is 15.6. The monoisotopic (exact) mass is 441 g/mol. The van der Waals surface area contributed by atoms with E-state index < -0.39 is 11.8 Å². The minimum absolute atomic E-state index is 0.0936. The molecule has 0 aromatic carbocycles. The smallest absolute Gasteiger partial charge is 0.255 e. The number of ether oxygens (including phenoxy) is 1. The number of morpholine rings is 1. The molecule has 32 heavy (non-hydrogen) atoms. The number of halogens is 2. The summed E-state index contributed by atoms with van der Waals surface area (Å²) in [5.41, 5.74) is 2.68. The van der Waals surface area contributed by atoms with E-state index in [1.54, 1.807) is 18.6 Å². The maximum Gasteiger partial charge on any atom is 0.255 e. The molecular weight excluding hydrogens is 416 g/mol. The van der Waals surface area contributed by atoms with E-state index in [4.69, 9.17) is 9.72 Å². The van der Waals surface area contributed by atoms with Crippen LogP contribution >= 0.6 is 0 Å². The summed E-state index contributed by atoms with van der Waals surface area (Å²) in [6.45, 7) is 3.69. The Morgan fingerprint density at radius 1 is 1.16 bits per heavy atom. The van der Waals surface area contributed by atoms with Crippen molar-refractivity contribution >= 4 is 22.7 Å². The van der Waals surface area contributed by atoms with Crippen LogP contribution in [0.2, 0.25) is 0 Å². The predicted molar refractivity (Wildman–Crippen MR) is 118 cm³/mol. The van der Waals surface area contributed by atoms with Crippen LogP contribution in [0.5, 0.6) is 0 Å². The minimum Gasteiger partial charge on any atom is -0.378 e. The summed E-state index contributed by atoms with van der Waals surface area (Å²) in [7, 11) is 0. The third-order valence-electron chi connectivity index (χ3n) is 5.97. The molecule has 5 heterocycles. The number of anilines is 2. The van der Waals surface area contributed by atoms with Crippen LogP contribution in [0.3, 0.4) is 0 Å². The van der Waals surface area contributed by atoms with Crippen molar-refractivity contribution in [3.05, 3.63) is 36.8 Å². The molecule has 1 atom stereocenters. The molecule has 3 aromatic rings. The van der Waals surface area contributed by atoms with Crippen LogP contribution in [0, 0.1) is 5.92 Å². The highest BCUT2D eigenvalue weighted by molar-refractivity contribution is 5.88. The first kappa shape index (κ1) is 20.9. The Hall–Kier alpha value is -2.98. The maximum atomic E-state index is 14.3. The molecule has 1 unspecified atom stereocenters. The average Bonchev–Trinajstić information content (AvgIpc) is 2.83. The Balaban J connectivity index is 1.41. The molecule has 0 aliphatic carbocycles. The highest BCUT2D eigenvalue weighted by Gasteiger charge is 2.41. The summed E-state index contributed by atoms with van der Waals surface area (Å²) in [5.74, 6) is -2.19. The molecule has 0 amide bonds. The second kappa shape index (κ2) is 8.87. The number of rotatable bonds is 5. The maximum absolute atomic E-state index is 14.3. The fraction of sp³-hybridized carbons (Fsp3) is 0.455.